The lowest BCUT2D eigenvalue weighted by Gasteiger charge is -2.34. The van der Waals surface area contributed by atoms with Crippen molar-refractivity contribution in [1.29, 1.82) is 0 Å². The molecule has 1 aliphatic rings. The smallest absolute Gasteiger partial charge is 0.318 e. The Bertz CT molecular complexity index is 1560. The number of hydrogen-bond donors (Lipinski definition) is 3. The number of ether oxygens (including phenoxy) is 2. The molecule has 0 aliphatic carbocycles. The summed E-state index contributed by atoms with van der Waals surface area (Å²) in [6, 6.07) is 23.2. The molecule has 3 aromatic carbocycles. The van der Waals surface area contributed by atoms with Gasteiger partial charge in [0.05, 0.1) is 12.3 Å². The number of aromatic nitrogens is 1. The molecule has 0 spiro atoms. The van der Waals surface area contributed by atoms with E-state index in [4.69, 9.17) is 9.47 Å². The average molecular weight is 612 g/mol. The zero-order valence-corrected chi connectivity index (χ0v) is 26.7. The zero-order chi connectivity index (χ0) is 31.8. The number of methoxy groups -OCH3 is 1. The van der Waals surface area contributed by atoms with Crippen LogP contribution in [0.1, 0.15) is 48.3 Å². The molecule has 9 heteroatoms. The number of amides is 3. The maximum atomic E-state index is 14.2. The molecule has 3 amide bonds. The largest absolute Gasteiger partial charge is 0.489 e. The van der Waals surface area contributed by atoms with Gasteiger partial charge in [0.15, 0.2) is 0 Å². The average Bonchev–Trinajstić information content (AvgIpc) is 3.49. The Morgan fingerprint density at radius 3 is 2.47 bits per heavy atom. The summed E-state index contributed by atoms with van der Waals surface area (Å²) in [6.45, 7) is 4.71. The number of carbonyl (C=O) groups excluding carboxylic acids is 2. The van der Waals surface area contributed by atoms with Gasteiger partial charge in [0.2, 0.25) is 5.91 Å². The minimum absolute atomic E-state index is 0.230. The third kappa shape index (κ3) is 8.04. The lowest BCUT2D eigenvalue weighted by molar-refractivity contribution is -0.118. The number of H-pyrrole nitrogens is 1. The van der Waals surface area contributed by atoms with Gasteiger partial charge in [-0.1, -0.05) is 61.5 Å². The molecule has 0 unspecified atom stereocenters. The summed E-state index contributed by atoms with van der Waals surface area (Å²) in [5, 5.41) is 7.26. The van der Waals surface area contributed by atoms with Crippen molar-refractivity contribution in [1.82, 2.24) is 20.1 Å². The summed E-state index contributed by atoms with van der Waals surface area (Å²) in [5.74, 6) is 0.342. The van der Waals surface area contributed by atoms with E-state index in [-0.39, 0.29) is 17.9 Å². The van der Waals surface area contributed by atoms with Gasteiger partial charge in [-0.2, -0.15) is 0 Å². The Labute approximate surface area is 265 Å². The number of anilines is 1. The second kappa shape index (κ2) is 15.1. The van der Waals surface area contributed by atoms with Gasteiger partial charge in [-0.05, 0) is 67.7 Å². The summed E-state index contributed by atoms with van der Waals surface area (Å²) < 4.78 is 11.1. The third-order valence-electron chi connectivity index (χ3n) is 8.57. The molecular weight excluding hydrogens is 566 g/mol. The van der Waals surface area contributed by atoms with E-state index >= 15 is 0 Å². The Morgan fingerprint density at radius 1 is 1.00 bits per heavy atom. The molecule has 1 saturated heterocycles. The highest BCUT2D eigenvalue weighted by atomic mass is 16.5. The maximum absolute atomic E-state index is 14.2. The summed E-state index contributed by atoms with van der Waals surface area (Å²) in [5.41, 5.74) is 4.85. The van der Waals surface area contributed by atoms with E-state index in [1.165, 1.54) is 5.56 Å². The van der Waals surface area contributed by atoms with Gasteiger partial charge in [0, 0.05) is 49.8 Å². The fraction of sp³-hybridized carbons (Fsp3) is 0.389. The summed E-state index contributed by atoms with van der Waals surface area (Å²) in [4.78, 5) is 35.2. The van der Waals surface area contributed by atoms with E-state index in [1.807, 2.05) is 80.6 Å². The molecular formula is C36H45N5O4. The van der Waals surface area contributed by atoms with Gasteiger partial charge in [-0.15, -0.1) is 0 Å². The number of urea groups is 1. The van der Waals surface area contributed by atoms with E-state index in [0.717, 1.165) is 34.9 Å². The predicted octanol–water partition coefficient (Wildman–Crippen LogP) is 5.95. The monoisotopic (exact) mass is 611 g/mol. The van der Waals surface area contributed by atoms with Crippen LogP contribution in [0.5, 0.6) is 5.75 Å². The number of nitrogens with one attached hydrogen (secondary N) is 3. The van der Waals surface area contributed by atoms with Crippen LogP contribution in [0.4, 0.5) is 10.5 Å². The van der Waals surface area contributed by atoms with Crippen molar-refractivity contribution in [2.45, 2.75) is 44.2 Å². The SMILES string of the molecule is COCCOc1ccc(CN(C)C)cc1NC(=O)[C@H](NC(=O)N1CCC(c2ccccc2)CC1)[C@@H](C)c1c[nH]c2ccccc12. The van der Waals surface area contributed by atoms with Crippen LogP contribution < -0.4 is 15.4 Å². The number of benzene rings is 3. The van der Waals surface area contributed by atoms with Crippen LogP contribution in [-0.4, -0.2) is 80.3 Å². The molecule has 2 atom stereocenters. The van der Waals surface area contributed by atoms with Crippen LogP contribution in [0.2, 0.25) is 0 Å². The van der Waals surface area contributed by atoms with Crippen LogP contribution in [-0.2, 0) is 16.1 Å². The van der Waals surface area contributed by atoms with Crippen molar-refractivity contribution in [2.24, 2.45) is 0 Å². The number of fused-ring (bicyclic) bond motifs is 1. The van der Waals surface area contributed by atoms with Crippen molar-refractivity contribution in [2.75, 3.05) is 52.8 Å². The highest BCUT2D eigenvalue weighted by Gasteiger charge is 2.33. The molecule has 1 aliphatic heterocycles. The topological polar surface area (TPSA) is 98.9 Å². The van der Waals surface area contributed by atoms with Gasteiger partial charge >= 0.3 is 6.03 Å². The Balaban J connectivity index is 1.38. The normalized spacial score (nSPS) is 15.2. The number of hydrogen-bond acceptors (Lipinski definition) is 5. The van der Waals surface area contributed by atoms with Crippen molar-refractivity contribution >= 4 is 28.5 Å². The van der Waals surface area contributed by atoms with E-state index in [1.54, 1.807) is 7.11 Å². The van der Waals surface area contributed by atoms with E-state index in [9.17, 15) is 9.59 Å². The standard InChI is InChI=1S/C36H45N5O4/c1-25(30-23-37-31-13-9-8-12-29(30)31)34(39-36(43)41-18-16-28(17-19-41)27-10-6-5-7-11-27)35(42)38-32-22-26(24-40(2)3)14-15-33(32)45-21-20-44-4/h5-15,22-23,25,28,34,37H,16-21,24H2,1-4H3,(H,38,42)(H,39,43)/t25-,34+/m0/s1. The van der Waals surface area contributed by atoms with Crippen molar-refractivity contribution in [3.05, 3.63) is 95.7 Å². The molecule has 0 saturated carbocycles. The second-order valence-electron chi connectivity index (χ2n) is 12.1. The maximum Gasteiger partial charge on any atom is 0.318 e. The molecule has 45 heavy (non-hydrogen) atoms. The van der Waals surface area contributed by atoms with Crippen molar-refractivity contribution in [3.63, 3.8) is 0 Å². The van der Waals surface area contributed by atoms with Gasteiger partial charge in [0.25, 0.3) is 0 Å². The number of likely N-dealkylation sites (tertiary alicyclic amines) is 1. The van der Waals surface area contributed by atoms with Gasteiger partial charge in [-0.3, -0.25) is 4.79 Å². The number of nitrogens with zero attached hydrogens (tertiary/aromatic N) is 2. The lowest BCUT2D eigenvalue weighted by Crippen LogP contribution is -2.53. The van der Waals surface area contributed by atoms with Crippen LogP contribution >= 0.6 is 0 Å². The second-order valence-corrected chi connectivity index (χ2v) is 12.1. The minimum Gasteiger partial charge on any atom is -0.489 e. The highest BCUT2D eigenvalue weighted by molar-refractivity contribution is 5.99. The molecule has 4 aromatic rings. The quantitative estimate of drug-likeness (QED) is 0.172. The number of aromatic amines is 1. The van der Waals surface area contributed by atoms with E-state index in [2.05, 4.69) is 44.8 Å². The fourth-order valence-corrected chi connectivity index (χ4v) is 6.14. The Hall–Kier alpha value is -4.34. The number of rotatable bonds is 12. The minimum atomic E-state index is -0.840. The summed E-state index contributed by atoms with van der Waals surface area (Å²) in [7, 11) is 5.62. The first-order valence-corrected chi connectivity index (χ1v) is 15.7. The Kier molecular flexibility index (Phi) is 10.8. The van der Waals surface area contributed by atoms with Crippen LogP contribution in [0, 0.1) is 0 Å². The molecule has 1 fully saturated rings. The van der Waals surface area contributed by atoms with Crippen LogP contribution in [0.25, 0.3) is 10.9 Å². The first-order chi connectivity index (χ1) is 21.8. The van der Waals surface area contributed by atoms with Gasteiger partial charge < -0.3 is 34.9 Å². The zero-order valence-electron chi connectivity index (χ0n) is 26.7. The number of para-hydroxylation sites is 1. The van der Waals surface area contributed by atoms with Crippen molar-refractivity contribution in [3.8, 4) is 5.75 Å². The molecule has 5 rings (SSSR count). The summed E-state index contributed by atoms with van der Waals surface area (Å²) >= 11 is 0. The van der Waals surface area contributed by atoms with E-state index in [0.29, 0.717) is 50.2 Å². The highest BCUT2D eigenvalue weighted by Crippen LogP contribution is 2.32. The molecule has 0 bridgehead atoms. The number of piperidine rings is 1. The fourth-order valence-electron chi connectivity index (χ4n) is 6.14. The van der Waals surface area contributed by atoms with Crippen LogP contribution in [0.15, 0.2) is 79.0 Å². The molecule has 3 N–H and O–H groups in total. The summed E-state index contributed by atoms with van der Waals surface area (Å²) in [6.07, 6.45) is 3.70. The number of carbonyl (C=O) groups is 2. The predicted molar refractivity (Wildman–Crippen MR) is 179 cm³/mol. The van der Waals surface area contributed by atoms with E-state index < -0.39 is 6.04 Å². The molecule has 2 heterocycles. The molecule has 238 valence electrons. The van der Waals surface area contributed by atoms with Crippen molar-refractivity contribution < 1.29 is 19.1 Å². The first kappa shape index (κ1) is 32.1. The van der Waals surface area contributed by atoms with Gasteiger partial charge in [-0.25, -0.2) is 4.79 Å². The first-order valence-electron chi connectivity index (χ1n) is 15.7. The van der Waals surface area contributed by atoms with Crippen LogP contribution in [0.3, 0.4) is 0 Å². The molecule has 1 aromatic heterocycles. The molecule has 0 radical (unpaired) electrons. The Morgan fingerprint density at radius 2 is 1.73 bits per heavy atom. The lowest BCUT2D eigenvalue weighted by atomic mass is 9.89. The van der Waals surface area contributed by atoms with Gasteiger partial charge in [0.1, 0.15) is 18.4 Å². The molecule has 9 nitrogen and oxygen atoms in total. The third-order valence-corrected chi connectivity index (χ3v) is 8.57.